The minimum Gasteiger partial charge on any atom is -0.459 e. The molecule has 2 N–H and O–H groups in total. The molecule has 1 atom stereocenters. The molecule has 13 heavy (non-hydrogen) atoms. The lowest BCUT2D eigenvalue weighted by Gasteiger charge is -2.19. The van der Waals surface area contributed by atoms with Crippen molar-refractivity contribution in [2.24, 2.45) is 0 Å². The Morgan fingerprint density at radius 2 is 2.00 bits per heavy atom. The molecule has 0 spiro atoms. The SMILES string of the molecule is CC(C)(C)OC(=O)CNS(C)(=N)=O. The van der Waals surface area contributed by atoms with E-state index in [-0.39, 0.29) is 6.54 Å². The van der Waals surface area contributed by atoms with Gasteiger partial charge in [0.15, 0.2) is 0 Å². The van der Waals surface area contributed by atoms with Crippen LogP contribution in [0.25, 0.3) is 0 Å². The average molecular weight is 208 g/mol. The third-order valence-electron chi connectivity index (χ3n) is 0.912. The predicted molar refractivity (Wildman–Crippen MR) is 50.6 cm³/mol. The van der Waals surface area contributed by atoms with E-state index in [1.165, 1.54) is 6.26 Å². The second-order valence-corrected chi connectivity index (χ2v) is 5.73. The van der Waals surface area contributed by atoms with Crippen molar-refractivity contribution >= 4 is 15.9 Å². The zero-order chi connectivity index (χ0) is 10.7. The van der Waals surface area contributed by atoms with Crippen LogP contribution < -0.4 is 4.72 Å². The molecule has 78 valence electrons. The highest BCUT2D eigenvalue weighted by molar-refractivity contribution is 7.89. The van der Waals surface area contributed by atoms with Crippen LogP contribution in [-0.2, 0) is 19.4 Å². The number of carbonyl (C=O) groups excluding carboxylic acids is 1. The van der Waals surface area contributed by atoms with Crippen molar-refractivity contribution in [3.63, 3.8) is 0 Å². The van der Waals surface area contributed by atoms with Gasteiger partial charge >= 0.3 is 5.97 Å². The Morgan fingerprint density at radius 1 is 1.54 bits per heavy atom. The number of hydrogen-bond acceptors (Lipinski definition) is 4. The smallest absolute Gasteiger partial charge is 0.321 e. The van der Waals surface area contributed by atoms with Crippen LogP contribution in [-0.4, -0.2) is 28.6 Å². The topological polar surface area (TPSA) is 79.2 Å². The predicted octanol–water partition coefficient (Wildman–Crippen LogP) is 0.509. The van der Waals surface area contributed by atoms with E-state index in [2.05, 4.69) is 4.72 Å². The Labute approximate surface area is 79.0 Å². The minimum absolute atomic E-state index is 0.198. The summed E-state index contributed by atoms with van der Waals surface area (Å²) in [6.45, 7) is 5.04. The molecule has 1 unspecified atom stereocenters. The highest BCUT2D eigenvalue weighted by Crippen LogP contribution is 2.06. The van der Waals surface area contributed by atoms with Gasteiger partial charge in [-0.25, -0.2) is 13.7 Å². The maximum Gasteiger partial charge on any atom is 0.321 e. The van der Waals surface area contributed by atoms with Crippen LogP contribution in [0, 0.1) is 4.78 Å². The molecule has 0 amide bonds. The number of hydrogen-bond donors (Lipinski definition) is 2. The van der Waals surface area contributed by atoms with Crippen molar-refractivity contribution in [2.45, 2.75) is 26.4 Å². The van der Waals surface area contributed by atoms with Gasteiger partial charge in [0.1, 0.15) is 22.1 Å². The Morgan fingerprint density at radius 3 is 2.31 bits per heavy atom. The lowest BCUT2D eigenvalue weighted by Crippen LogP contribution is -2.33. The molecule has 0 heterocycles. The first-order chi connectivity index (χ1) is 5.60. The quantitative estimate of drug-likeness (QED) is 0.663. The third-order valence-corrected chi connectivity index (χ3v) is 1.61. The summed E-state index contributed by atoms with van der Waals surface area (Å²) in [5.41, 5.74) is -0.546. The van der Waals surface area contributed by atoms with Crippen LogP contribution in [0.5, 0.6) is 0 Å². The summed E-state index contributed by atoms with van der Waals surface area (Å²) in [7, 11) is -2.83. The fraction of sp³-hybridized carbons (Fsp3) is 0.857. The van der Waals surface area contributed by atoms with Crippen molar-refractivity contribution in [2.75, 3.05) is 12.8 Å². The number of esters is 1. The summed E-state index contributed by atoms with van der Waals surface area (Å²) in [6, 6.07) is 0. The van der Waals surface area contributed by atoms with Gasteiger partial charge in [-0.1, -0.05) is 0 Å². The molecule has 0 aromatic heterocycles. The van der Waals surface area contributed by atoms with Gasteiger partial charge < -0.3 is 4.74 Å². The van der Waals surface area contributed by atoms with Crippen molar-refractivity contribution in [3.8, 4) is 0 Å². The molecule has 5 nitrogen and oxygen atoms in total. The van der Waals surface area contributed by atoms with E-state index >= 15 is 0 Å². The molecule has 0 aliphatic heterocycles. The van der Waals surface area contributed by atoms with E-state index in [0.717, 1.165) is 0 Å². The maximum atomic E-state index is 11.0. The number of rotatable bonds is 3. The third kappa shape index (κ3) is 9.29. The summed E-state index contributed by atoms with van der Waals surface area (Å²) in [5.74, 6) is -0.505. The van der Waals surface area contributed by atoms with Crippen LogP contribution >= 0.6 is 0 Å². The van der Waals surface area contributed by atoms with Gasteiger partial charge in [-0.3, -0.25) is 4.79 Å². The van der Waals surface area contributed by atoms with Crippen LogP contribution in [0.15, 0.2) is 0 Å². The number of ether oxygens (including phenoxy) is 1. The molecule has 0 rings (SSSR count). The zero-order valence-corrected chi connectivity index (χ0v) is 9.16. The van der Waals surface area contributed by atoms with Crippen LogP contribution in [0.4, 0.5) is 0 Å². The average Bonchev–Trinajstić information content (AvgIpc) is 1.78. The molecule has 0 saturated carbocycles. The van der Waals surface area contributed by atoms with Crippen LogP contribution in [0.2, 0.25) is 0 Å². The summed E-state index contributed by atoms with van der Waals surface area (Å²) < 4.78 is 25.0. The standard InChI is InChI=1S/C7H16N2O3S/c1-7(2,3)12-6(10)5-9-13(4,8)11/h5H2,1-4H3,(H2,8,9,11). The summed E-state index contributed by atoms with van der Waals surface area (Å²) >= 11 is 0. The molecule has 0 saturated heterocycles. The molecule has 6 heteroatoms. The second-order valence-electron chi connectivity index (χ2n) is 3.75. The fourth-order valence-corrected chi connectivity index (χ4v) is 0.968. The highest BCUT2D eigenvalue weighted by Gasteiger charge is 2.16. The van der Waals surface area contributed by atoms with Crippen LogP contribution in [0.3, 0.4) is 0 Å². The Kier molecular flexibility index (Phi) is 3.87. The molecule has 0 aromatic carbocycles. The molecule has 0 aliphatic carbocycles. The molecule has 0 aliphatic rings. The maximum absolute atomic E-state index is 11.0. The number of carbonyl (C=O) groups is 1. The van der Waals surface area contributed by atoms with Gasteiger partial charge in [-0.2, -0.15) is 0 Å². The van der Waals surface area contributed by atoms with Gasteiger partial charge in [0.25, 0.3) is 0 Å². The second kappa shape index (κ2) is 4.06. The fourth-order valence-electron chi connectivity index (χ4n) is 0.574. The molecule has 0 radical (unpaired) electrons. The van der Waals surface area contributed by atoms with E-state index in [9.17, 15) is 9.00 Å². The lowest BCUT2D eigenvalue weighted by atomic mass is 10.2. The Bertz CT molecular complexity index is 277. The summed E-state index contributed by atoms with van der Waals surface area (Å²) in [6.07, 6.45) is 1.21. The van der Waals surface area contributed by atoms with Crippen molar-refractivity contribution in [3.05, 3.63) is 0 Å². The highest BCUT2D eigenvalue weighted by atomic mass is 32.2. The molecular formula is C7H16N2O3S. The van der Waals surface area contributed by atoms with Crippen LogP contribution in [0.1, 0.15) is 20.8 Å². The molecule has 0 fully saturated rings. The van der Waals surface area contributed by atoms with Gasteiger partial charge in [0, 0.05) is 6.26 Å². The van der Waals surface area contributed by atoms with E-state index in [1.54, 1.807) is 20.8 Å². The minimum atomic E-state index is -2.83. The van der Waals surface area contributed by atoms with E-state index in [0.29, 0.717) is 0 Å². The van der Waals surface area contributed by atoms with Crippen molar-refractivity contribution in [1.29, 1.82) is 4.78 Å². The molecule has 0 bridgehead atoms. The first-order valence-corrected chi connectivity index (χ1v) is 5.77. The van der Waals surface area contributed by atoms with Gasteiger partial charge in [-0.05, 0) is 20.8 Å². The van der Waals surface area contributed by atoms with Gasteiger partial charge in [0.05, 0.1) is 0 Å². The van der Waals surface area contributed by atoms with E-state index < -0.39 is 21.5 Å². The monoisotopic (exact) mass is 208 g/mol. The summed E-state index contributed by atoms with van der Waals surface area (Å²) in [5, 5.41) is 0. The Balaban J connectivity index is 3.92. The first kappa shape index (κ1) is 12.4. The number of nitrogens with one attached hydrogen (secondary N) is 2. The summed E-state index contributed by atoms with van der Waals surface area (Å²) in [4.78, 5) is 11.0. The Hall–Kier alpha value is -0.620. The van der Waals surface area contributed by atoms with Gasteiger partial charge in [-0.15, -0.1) is 0 Å². The van der Waals surface area contributed by atoms with Gasteiger partial charge in [0.2, 0.25) is 0 Å². The normalized spacial score (nSPS) is 16.3. The first-order valence-electron chi connectivity index (χ1n) is 3.80. The largest absolute Gasteiger partial charge is 0.459 e. The van der Waals surface area contributed by atoms with Crippen molar-refractivity contribution in [1.82, 2.24) is 4.72 Å². The molecule has 0 aromatic rings. The molecular weight excluding hydrogens is 192 g/mol. The van der Waals surface area contributed by atoms with E-state index in [1.807, 2.05) is 0 Å². The lowest BCUT2D eigenvalue weighted by molar-refractivity contribution is -0.153. The zero-order valence-electron chi connectivity index (χ0n) is 8.34. The van der Waals surface area contributed by atoms with Crippen molar-refractivity contribution < 1.29 is 13.7 Å². The van der Waals surface area contributed by atoms with E-state index in [4.69, 9.17) is 9.52 Å².